The van der Waals surface area contributed by atoms with E-state index >= 15 is 0 Å². The van der Waals surface area contributed by atoms with Crippen LogP contribution in [-0.4, -0.2) is 9.97 Å². The molecule has 0 bridgehead atoms. The molecule has 0 saturated carbocycles. The van der Waals surface area contributed by atoms with Crippen molar-refractivity contribution in [2.24, 2.45) is 0 Å². The average molecular weight is 289 g/mol. The first-order valence-corrected chi connectivity index (χ1v) is 7.25. The number of rotatable bonds is 1. The van der Waals surface area contributed by atoms with E-state index in [2.05, 4.69) is 48.1 Å². The summed E-state index contributed by atoms with van der Waals surface area (Å²) < 4.78 is 0.959. The molecular weight excluding hydrogens is 276 g/mol. The Hall–Kier alpha value is -1.45. The summed E-state index contributed by atoms with van der Waals surface area (Å²) in [6, 6.07) is 8.58. The van der Waals surface area contributed by atoms with Crippen LogP contribution in [0.1, 0.15) is 17.0 Å². The van der Waals surface area contributed by atoms with Gasteiger partial charge in [-0.2, -0.15) is 0 Å². The van der Waals surface area contributed by atoms with Crippen LogP contribution in [0.25, 0.3) is 20.7 Å². The number of hydrogen-bond acceptors (Lipinski definition) is 3. The number of halogens is 1. The highest BCUT2D eigenvalue weighted by Gasteiger charge is 2.10. The highest BCUT2D eigenvalue weighted by molar-refractivity contribution is 7.22. The second-order valence-electron chi connectivity index (χ2n) is 4.69. The number of nitrogens with zero attached hydrogens (tertiary/aromatic N) is 2. The number of hydrogen-bond donors (Lipinski definition) is 0. The lowest BCUT2D eigenvalue weighted by Gasteiger charge is -2.02. The lowest BCUT2D eigenvalue weighted by Crippen LogP contribution is -1.86. The van der Waals surface area contributed by atoms with Crippen molar-refractivity contribution >= 4 is 33.2 Å². The molecule has 0 unspecified atom stereocenters. The summed E-state index contributed by atoms with van der Waals surface area (Å²) in [5, 5.41) is 0.544. The van der Waals surface area contributed by atoms with Crippen LogP contribution in [0.5, 0.6) is 0 Å². The van der Waals surface area contributed by atoms with Crippen LogP contribution in [0.3, 0.4) is 0 Å². The maximum Gasteiger partial charge on any atom is 0.150 e. The van der Waals surface area contributed by atoms with E-state index in [0.29, 0.717) is 11.0 Å². The van der Waals surface area contributed by atoms with E-state index < -0.39 is 0 Å². The van der Waals surface area contributed by atoms with Crippen molar-refractivity contribution in [3.05, 3.63) is 46.4 Å². The van der Waals surface area contributed by atoms with Crippen LogP contribution in [0.15, 0.2) is 24.3 Å². The van der Waals surface area contributed by atoms with E-state index in [4.69, 9.17) is 11.6 Å². The van der Waals surface area contributed by atoms with E-state index in [1.165, 1.54) is 21.6 Å². The molecule has 0 aliphatic heterocycles. The molecule has 0 saturated heterocycles. The van der Waals surface area contributed by atoms with Gasteiger partial charge in [0.05, 0.1) is 10.2 Å². The van der Waals surface area contributed by atoms with Gasteiger partial charge < -0.3 is 0 Å². The largest absolute Gasteiger partial charge is 0.232 e. The quantitative estimate of drug-likeness (QED) is 0.593. The summed E-state index contributed by atoms with van der Waals surface area (Å²) in [6.07, 6.45) is 0. The molecule has 0 fully saturated rings. The van der Waals surface area contributed by atoms with Crippen LogP contribution in [0.2, 0.25) is 5.15 Å². The molecule has 2 aromatic heterocycles. The zero-order chi connectivity index (χ0) is 13.6. The Morgan fingerprint density at radius 1 is 1.00 bits per heavy atom. The topological polar surface area (TPSA) is 25.8 Å². The number of aryl methyl sites for hydroxylation is 3. The third-order valence-corrected chi connectivity index (χ3v) is 4.80. The Kier molecular flexibility index (Phi) is 3.03. The van der Waals surface area contributed by atoms with Crippen LogP contribution in [-0.2, 0) is 0 Å². The van der Waals surface area contributed by atoms with Crippen molar-refractivity contribution in [1.29, 1.82) is 0 Å². The highest BCUT2D eigenvalue weighted by atomic mass is 35.5. The summed E-state index contributed by atoms with van der Waals surface area (Å²) in [5.74, 6) is 0.710. The normalized spacial score (nSPS) is 11.2. The highest BCUT2D eigenvalue weighted by Crippen LogP contribution is 2.36. The molecule has 0 N–H and O–H groups in total. The molecule has 0 aliphatic carbocycles. The van der Waals surface area contributed by atoms with Gasteiger partial charge in [-0.15, -0.1) is 11.3 Å². The molecule has 0 amide bonds. The van der Waals surface area contributed by atoms with Gasteiger partial charge in [-0.3, -0.25) is 0 Å². The van der Waals surface area contributed by atoms with Crippen molar-refractivity contribution in [1.82, 2.24) is 9.97 Å². The van der Waals surface area contributed by atoms with Gasteiger partial charge in [0.15, 0.2) is 5.15 Å². The van der Waals surface area contributed by atoms with Crippen molar-refractivity contribution in [3.8, 4) is 10.4 Å². The molecule has 3 rings (SSSR count). The molecule has 4 heteroatoms. The number of thiophene rings is 1. The van der Waals surface area contributed by atoms with Crippen LogP contribution >= 0.6 is 22.9 Å². The second kappa shape index (κ2) is 4.58. The number of aromatic nitrogens is 2. The standard InChI is InChI=1S/C15H13ClN2S/c1-8-4-5-11(6-9(8)2)13-7-12-14(19-13)15(16)18-10(3)17-12/h4-7H,1-3H3. The van der Waals surface area contributed by atoms with Crippen molar-refractivity contribution in [2.45, 2.75) is 20.8 Å². The molecule has 0 radical (unpaired) electrons. The third-order valence-electron chi connectivity index (χ3n) is 3.23. The van der Waals surface area contributed by atoms with Gasteiger partial charge in [0.1, 0.15) is 5.82 Å². The lowest BCUT2D eigenvalue weighted by atomic mass is 10.1. The molecule has 2 heterocycles. The number of benzene rings is 1. The van der Waals surface area contributed by atoms with Crippen LogP contribution in [0, 0.1) is 20.8 Å². The van der Waals surface area contributed by atoms with Crippen molar-refractivity contribution in [2.75, 3.05) is 0 Å². The van der Waals surface area contributed by atoms with Gasteiger partial charge in [0.25, 0.3) is 0 Å². The Labute approximate surface area is 121 Å². The molecule has 3 aromatic rings. The van der Waals surface area contributed by atoms with Crippen molar-refractivity contribution < 1.29 is 0 Å². The monoisotopic (exact) mass is 288 g/mol. The van der Waals surface area contributed by atoms with E-state index in [9.17, 15) is 0 Å². The molecule has 2 nitrogen and oxygen atoms in total. The minimum Gasteiger partial charge on any atom is -0.232 e. The summed E-state index contributed by atoms with van der Waals surface area (Å²) in [7, 11) is 0. The fourth-order valence-corrected chi connectivity index (χ4v) is 3.35. The Morgan fingerprint density at radius 2 is 1.79 bits per heavy atom. The van der Waals surface area contributed by atoms with Gasteiger partial charge in [-0.25, -0.2) is 9.97 Å². The molecular formula is C15H13ClN2S. The fraction of sp³-hybridized carbons (Fsp3) is 0.200. The second-order valence-corrected chi connectivity index (χ2v) is 6.10. The maximum absolute atomic E-state index is 6.18. The Morgan fingerprint density at radius 3 is 2.53 bits per heavy atom. The first-order valence-electron chi connectivity index (χ1n) is 6.06. The molecule has 19 heavy (non-hydrogen) atoms. The summed E-state index contributed by atoms with van der Waals surface area (Å²) in [6.45, 7) is 6.11. The summed E-state index contributed by atoms with van der Waals surface area (Å²) in [4.78, 5) is 9.82. The summed E-state index contributed by atoms with van der Waals surface area (Å²) >= 11 is 7.82. The molecule has 96 valence electrons. The third kappa shape index (κ3) is 2.24. The van der Waals surface area contributed by atoms with E-state index in [1.54, 1.807) is 11.3 Å². The maximum atomic E-state index is 6.18. The minimum atomic E-state index is 0.544. The zero-order valence-corrected chi connectivity index (χ0v) is 12.6. The van der Waals surface area contributed by atoms with Gasteiger partial charge in [-0.05, 0) is 43.5 Å². The SMILES string of the molecule is Cc1nc(Cl)c2sc(-c3ccc(C)c(C)c3)cc2n1. The Balaban J connectivity index is 2.20. The van der Waals surface area contributed by atoms with Gasteiger partial charge >= 0.3 is 0 Å². The van der Waals surface area contributed by atoms with Crippen LogP contribution in [0.4, 0.5) is 0 Å². The van der Waals surface area contributed by atoms with Crippen molar-refractivity contribution in [3.63, 3.8) is 0 Å². The lowest BCUT2D eigenvalue weighted by molar-refractivity contribution is 1.10. The molecule has 0 atom stereocenters. The number of fused-ring (bicyclic) bond motifs is 1. The van der Waals surface area contributed by atoms with E-state index in [1.807, 2.05) is 6.92 Å². The van der Waals surface area contributed by atoms with Gasteiger partial charge in [0.2, 0.25) is 0 Å². The molecule has 0 aliphatic rings. The fourth-order valence-electron chi connectivity index (χ4n) is 2.04. The predicted molar refractivity (Wildman–Crippen MR) is 82.1 cm³/mol. The smallest absolute Gasteiger partial charge is 0.150 e. The first-order chi connectivity index (χ1) is 9.04. The molecule has 1 aromatic carbocycles. The molecule has 0 spiro atoms. The van der Waals surface area contributed by atoms with E-state index in [-0.39, 0.29) is 0 Å². The van der Waals surface area contributed by atoms with Crippen LogP contribution < -0.4 is 0 Å². The average Bonchev–Trinajstić information content (AvgIpc) is 2.76. The van der Waals surface area contributed by atoms with Gasteiger partial charge in [0, 0.05) is 4.88 Å². The predicted octanol–water partition coefficient (Wildman–Crippen LogP) is 4.94. The Bertz CT molecular complexity index is 777. The minimum absolute atomic E-state index is 0.544. The summed E-state index contributed by atoms with van der Waals surface area (Å²) in [5.41, 5.74) is 4.73. The van der Waals surface area contributed by atoms with E-state index in [0.717, 1.165) is 10.2 Å². The first kappa shape index (κ1) is 12.6. The van der Waals surface area contributed by atoms with Gasteiger partial charge in [-0.1, -0.05) is 29.8 Å². The zero-order valence-electron chi connectivity index (χ0n) is 11.0.